The van der Waals surface area contributed by atoms with Gasteiger partial charge in [0.2, 0.25) is 0 Å². The van der Waals surface area contributed by atoms with Crippen LogP contribution in [0.1, 0.15) is 32.1 Å². The minimum atomic E-state index is -0.340. The van der Waals surface area contributed by atoms with Crippen LogP contribution in [0.25, 0.3) is 0 Å². The number of benzene rings is 1. The zero-order valence-electron chi connectivity index (χ0n) is 16.3. The number of ether oxygens (including phenoxy) is 1. The summed E-state index contributed by atoms with van der Waals surface area (Å²) in [4.78, 5) is 31.3. The van der Waals surface area contributed by atoms with E-state index in [2.05, 4.69) is 20.5 Å². The first kappa shape index (κ1) is 20.0. The monoisotopic (exact) mass is 382 g/mol. The molecule has 0 bridgehead atoms. The van der Waals surface area contributed by atoms with Gasteiger partial charge >= 0.3 is 0 Å². The quantitative estimate of drug-likeness (QED) is 0.799. The number of aromatic nitrogens is 1. The number of nitrogens with zero attached hydrogens (tertiary/aromatic N) is 2. The maximum atomic E-state index is 12.5. The number of nitrogens with one attached hydrogen (secondary N) is 2. The van der Waals surface area contributed by atoms with Gasteiger partial charge in [0.05, 0.1) is 13.2 Å². The zero-order chi connectivity index (χ0) is 19.9. The first-order valence-corrected chi connectivity index (χ1v) is 9.46. The fourth-order valence-electron chi connectivity index (χ4n) is 3.17. The molecule has 2 N–H and O–H groups in total. The summed E-state index contributed by atoms with van der Waals surface area (Å²) < 4.78 is 5.31. The van der Waals surface area contributed by atoms with Crippen LogP contribution in [-0.4, -0.2) is 61.1 Å². The van der Waals surface area contributed by atoms with Crippen molar-refractivity contribution in [2.75, 3.05) is 44.7 Å². The van der Waals surface area contributed by atoms with Crippen LogP contribution in [0, 0.1) is 13.8 Å². The highest BCUT2D eigenvalue weighted by atomic mass is 16.5. The van der Waals surface area contributed by atoms with E-state index >= 15 is 0 Å². The van der Waals surface area contributed by atoms with Crippen LogP contribution in [0.5, 0.6) is 0 Å². The van der Waals surface area contributed by atoms with Crippen LogP contribution in [0.4, 0.5) is 5.69 Å². The minimum absolute atomic E-state index is 0.208. The van der Waals surface area contributed by atoms with Crippen molar-refractivity contribution in [3.8, 4) is 0 Å². The number of hydrogen-bond acceptors (Lipinski definition) is 5. The summed E-state index contributed by atoms with van der Waals surface area (Å²) in [6.07, 6.45) is 0. The van der Waals surface area contributed by atoms with Gasteiger partial charge < -0.3 is 15.4 Å². The number of hydrogen-bond donors (Lipinski definition) is 2. The molecule has 1 saturated heterocycles. The Morgan fingerprint density at radius 1 is 1.04 bits per heavy atom. The molecule has 7 nitrogen and oxygen atoms in total. The Morgan fingerprint density at radius 3 is 2.36 bits per heavy atom. The Labute approximate surface area is 165 Å². The van der Waals surface area contributed by atoms with E-state index in [1.165, 1.54) is 0 Å². The summed E-state index contributed by atoms with van der Waals surface area (Å²) in [5, 5.41) is 5.70. The maximum Gasteiger partial charge on any atom is 0.274 e. The normalized spacial score (nSPS) is 14.5. The molecular formula is C21H26N4O3. The fourth-order valence-corrected chi connectivity index (χ4v) is 3.17. The molecule has 2 heterocycles. The molecule has 0 aliphatic carbocycles. The van der Waals surface area contributed by atoms with Gasteiger partial charge in [-0.1, -0.05) is 12.1 Å². The number of anilines is 1. The second kappa shape index (κ2) is 9.43. The van der Waals surface area contributed by atoms with Gasteiger partial charge in [-0.25, -0.2) is 4.98 Å². The molecule has 3 rings (SSSR count). The maximum absolute atomic E-state index is 12.5. The molecule has 28 heavy (non-hydrogen) atoms. The van der Waals surface area contributed by atoms with Crippen molar-refractivity contribution in [3.05, 3.63) is 58.9 Å². The average molecular weight is 382 g/mol. The highest BCUT2D eigenvalue weighted by Gasteiger charge is 2.14. The van der Waals surface area contributed by atoms with Crippen LogP contribution < -0.4 is 10.6 Å². The third-order valence-electron chi connectivity index (χ3n) is 4.51. The fraction of sp³-hybridized carbons (Fsp3) is 0.381. The molecule has 0 radical (unpaired) electrons. The molecule has 1 aromatic carbocycles. The molecule has 2 aromatic rings. The lowest BCUT2D eigenvalue weighted by molar-refractivity contribution is 0.0383. The number of morpholine rings is 1. The molecule has 2 amide bonds. The predicted molar refractivity (Wildman–Crippen MR) is 108 cm³/mol. The van der Waals surface area contributed by atoms with Crippen LogP contribution in [0.3, 0.4) is 0 Å². The Kier molecular flexibility index (Phi) is 6.73. The van der Waals surface area contributed by atoms with Crippen molar-refractivity contribution >= 4 is 17.5 Å². The van der Waals surface area contributed by atoms with Gasteiger partial charge in [0.1, 0.15) is 11.4 Å². The number of amides is 2. The number of carbonyl (C=O) groups excluding carboxylic acids is 2. The Hall–Kier alpha value is -2.77. The van der Waals surface area contributed by atoms with Crippen LogP contribution in [-0.2, 0) is 4.74 Å². The molecule has 0 atom stereocenters. The highest BCUT2D eigenvalue weighted by molar-refractivity contribution is 6.03. The average Bonchev–Trinajstić information content (AvgIpc) is 2.68. The van der Waals surface area contributed by atoms with E-state index < -0.39 is 0 Å². The molecule has 1 fully saturated rings. The van der Waals surface area contributed by atoms with E-state index in [0.717, 1.165) is 44.0 Å². The van der Waals surface area contributed by atoms with Gasteiger partial charge in [-0.05, 0) is 49.2 Å². The third-order valence-corrected chi connectivity index (χ3v) is 4.51. The molecule has 1 aliphatic heterocycles. The summed E-state index contributed by atoms with van der Waals surface area (Å²) in [5.74, 6) is -0.623. The summed E-state index contributed by atoms with van der Waals surface area (Å²) in [7, 11) is 0. The van der Waals surface area contributed by atoms with E-state index in [1.807, 2.05) is 32.0 Å². The lowest BCUT2D eigenvalue weighted by atomic mass is 10.1. The van der Waals surface area contributed by atoms with E-state index in [0.29, 0.717) is 12.2 Å². The van der Waals surface area contributed by atoms with Gasteiger partial charge in [0.15, 0.2) is 0 Å². The van der Waals surface area contributed by atoms with E-state index in [-0.39, 0.29) is 23.2 Å². The summed E-state index contributed by atoms with van der Waals surface area (Å²) >= 11 is 0. The number of aryl methyl sites for hydroxylation is 2. The standard InChI is InChI=1S/C21H26N4O3/c1-15-12-16(2)14-17(13-15)23-21(27)19-5-3-4-18(24-19)20(26)22-6-7-25-8-10-28-11-9-25/h3-5,12-14H,6-11H2,1-2H3,(H,22,26)(H,23,27). The molecule has 0 unspecified atom stereocenters. The number of rotatable bonds is 6. The van der Waals surface area contributed by atoms with Gasteiger partial charge in [0.25, 0.3) is 11.8 Å². The van der Waals surface area contributed by atoms with Crippen LogP contribution in [0.15, 0.2) is 36.4 Å². The second-order valence-corrected chi connectivity index (χ2v) is 6.95. The highest BCUT2D eigenvalue weighted by Crippen LogP contribution is 2.14. The van der Waals surface area contributed by atoms with Crippen molar-refractivity contribution in [1.82, 2.24) is 15.2 Å². The summed E-state index contributed by atoms with van der Waals surface area (Å²) in [6.45, 7) is 8.46. The molecular weight excluding hydrogens is 356 g/mol. The predicted octanol–water partition coefficient (Wildman–Crippen LogP) is 2.01. The first-order chi connectivity index (χ1) is 13.5. The number of carbonyl (C=O) groups is 2. The topological polar surface area (TPSA) is 83.6 Å². The van der Waals surface area contributed by atoms with E-state index in [1.54, 1.807) is 18.2 Å². The minimum Gasteiger partial charge on any atom is -0.379 e. The summed E-state index contributed by atoms with van der Waals surface area (Å²) in [5.41, 5.74) is 3.29. The van der Waals surface area contributed by atoms with Crippen molar-refractivity contribution in [1.29, 1.82) is 0 Å². The van der Waals surface area contributed by atoms with Crippen molar-refractivity contribution in [2.45, 2.75) is 13.8 Å². The first-order valence-electron chi connectivity index (χ1n) is 9.46. The van der Waals surface area contributed by atoms with E-state index in [9.17, 15) is 9.59 Å². The van der Waals surface area contributed by atoms with Gasteiger partial charge in [-0.15, -0.1) is 0 Å². The Balaban J connectivity index is 1.57. The Morgan fingerprint density at radius 2 is 1.68 bits per heavy atom. The smallest absolute Gasteiger partial charge is 0.274 e. The zero-order valence-corrected chi connectivity index (χ0v) is 16.3. The number of pyridine rings is 1. The molecule has 148 valence electrons. The largest absolute Gasteiger partial charge is 0.379 e. The molecule has 0 spiro atoms. The SMILES string of the molecule is Cc1cc(C)cc(NC(=O)c2cccc(C(=O)NCCN3CCOCC3)n2)c1. The van der Waals surface area contributed by atoms with Gasteiger partial charge in [0, 0.05) is 31.9 Å². The lowest BCUT2D eigenvalue weighted by Crippen LogP contribution is -2.41. The molecule has 1 aromatic heterocycles. The van der Waals surface area contributed by atoms with Gasteiger partial charge in [-0.2, -0.15) is 0 Å². The van der Waals surface area contributed by atoms with Crippen molar-refractivity contribution in [2.24, 2.45) is 0 Å². The van der Waals surface area contributed by atoms with E-state index in [4.69, 9.17) is 4.74 Å². The summed E-state index contributed by atoms with van der Waals surface area (Å²) in [6, 6.07) is 10.7. The third kappa shape index (κ3) is 5.61. The van der Waals surface area contributed by atoms with Crippen LogP contribution in [0.2, 0.25) is 0 Å². The lowest BCUT2D eigenvalue weighted by Gasteiger charge is -2.26. The Bertz CT molecular complexity index is 827. The van der Waals surface area contributed by atoms with Crippen LogP contribution >= 0.6 is 0 Å². The van der Waals surface area contributed by atoms with Crippen molar-refractivity contribution < 1.29 is 14.3 Å². The van der Waals surface area contributed by atoms with Gasteiger partial charge in [-0.3, -0.25) is 14.5 Å². The molecule has 1 aliphatic rings. The van der Waals surface area contributed by atoms with Crippen molar-refractivity contribution in [3.63, 3.8) is 0 Å². The molecule has 7 heteroatoms. The molecule has 0 saturated carbocycles. The second-order valence-electron chi connectivity index (χ2n) is 6.95.